The van der Waals surface area contributed by atoms with Crippen LogP contribution in [0.2, 0.25) is 0 Å². The van der Waals surface area contributed by atoms with Gasteiger partial charge in [-0.15, -0.1) is 0 Å². The Bertz CT molecular complexity index is 1960. The molecule has 16 heteroatoms. The normalized spacial score (nSPS) is 14.8. The van der Waals surface area contributed by atoms with Gasteiger partial charge < -0.3 is 20.9 Å². The number of alkyl halides is 6. The summed E-state index contributed by atoms with van der Waals surface area (Å²) >= 11 is 0. The molecule has 0 fully saturated rings. The van der Waals surface area contributed by atoms with E-state index in [0.29, 0.717) is 46.2 Å². The van der Waals surface area contributed by atoms with Gasteiger partial charge in [-0.2, -0.15) is 26.3 Å². The fraction of sp³-hybridized carbons (Fsp3) is 0.152. The van der Waals surface area contributed by atoms with Gasteiger partial charge in [0, 0.05) is 11.4 Å². The zero-order valence-electron chi connectivity index (χ0n) is 25.2. The molecule has 2 aliphatic rings. The largest absolute Gasteiger partial charge is 0.495 e. The van der Waals surface area contributed by atoms with E-state index in [9.17, 15) is 19.2 Å². The number of hydrogen-bond acceptors (Lipinski definition) is 8. The summed E-state index contributed by atoms with van der Waals surface area (Å²) in [5.41, 5.74) is 1.14. The summed E-state index contributed by atoms with van der Waals surface area (Å²) < 4.78 is 101. The number of nitrogens with zero attached hydrogens (tertiary/aromatic N) is 2. The van der Waals surface area contributed by atoms with Gasteiger partial charge in [0.05, 0.1) is 47.8 Å². The van der Waals surface area contributed by atoms with Crippen LogP contribution in [0.3, 0.4) is 0 Å². The molecule has 4 aromatic carbocycles. The van der Waals surface area contributed by atoms with Crippen molar-refractivity contribution in [2.75, 3.05) is 35.5 Å². The predicted octanol–water partition coefficient (Wildman–Crippen LogP) is 5.88. The molecule has 2 aliphatic heterocycles. The molecule has 10 nitrogen and oxygen atoms in total. The monoisotopic (exact) mass is 684 g/mol. The molecule has 49 heavy (non-hydrogen) atoms. The second-order valence-corrected chi connectivity index (χ2v) is 11.0. The van der Waals surface area contributed by atoms with E-state index in [4.69, 9.17) is 20.9 Å². The van der Waals surface area contributed by atoms with E-state index in [2.05, 4.69) is 0 Å². The minimum Gasteiger partial charge on any atom is -0.495 e. The van der Waals surface area contributed by atoms with Crippen molar-refractivity contribution in [3.8, 4) is 11.5 Å². The minimum absolute atomic E-state index is 0.0222. The molecular formula is C33H22F6N4O6. The Morgan fingerprint density at radius 2 is 0.857 bits per heavy atom. The van der Waals surface area contributed by atoms with Crippen LogP contribution in [0.4, 0.5) is 49.1 Å². The van der Waals surface area contributed by atoms with E-state index in [1.807, 2.05) is 0 Å². The zero-order chi connectivity index (χ0) is 35.8. The van der Waals surface area contributed by atoms with Crippen molar-refractivity contribution in [1.82, 2.24) is 0 Å². The number of hydrogen-bond donors (Lipinski definition) is 2. The zero-order valence-corrected chi connectivity index (χ0v) is 25.2. The number of carbonyl (C=O) groups is 4. The van der Waals surface area contributed by atoms with Crippen molar-refractivity contribution in [3.63, 3.8) is 0 Å². The number of fused-ring (bicyclic) bond motifs is 2. The number of halogens is 6. The van der Waals surface area contributed by atoms with Gasteiger partial charge in [-0.25, -0.2) is 9.80 Å². The highest BCUT2D eigenvalue weighted by molar-refractivity contribution is 6.36. The number of rotatable bonds is 6. The van der Waals surface area contributed by atoms with E-state index in [1.165, 1.54) is 50.6 Å². The Balaban J connectivity index is 1.53. The smallest absolute Gasteiger partial charge is 0.411 e. The molecule has 0 radical (unpaired) electrons. The standard InChI is InChI=1S/C33H22F6N4O6/c1-48-25-9-5-17(40)13-23(25)42-27(44)19-7-3-15(11-21(19)29(42)46)31(32(34,35)36,33(37,38)39)16-4-8-20-22(12-16)30(47)43(28(20)45)24-14-18(41)6-10-26(24)49-2/h3-14H,40-41H2,1-2H3. The quantitative estimate of drug-likeness (QED) is 0.146. The van der Waals surface area contributed by atoms with E-state index >= 15 is 26.3 Å². The molecule has 252 valence electrons. The maximum Gasteiger partial charge on any atom is 0.411 e. The first-order valence-corrected chi connectivity index (χ1v) is 14.0. The first-order chi connectivity index (χ1) is 23.0. The predicted molar refractivity (Wildman–Crippen MR) is 163 cm³/mol. The summed E-state index contributed by atoms with van der Waals surface area (Å²) in [6.45, 7) is 0. The average Bonchev–Trinajstić information content (AvgIpc) is 3.43. The van der Waals surface area contributed by atoms with E-state index in [1.54, 1.807) is 0 Å². The first kappa shape index (κ1) is 32.9. The van der Waals surface area contributed by atoms with Crippen LogP contribution in [0, 0.1) is 0 Å². The van der Waals surface area contributed by atoms with Crippen LogP contribution in [-0.2, 0) is 5.41 Å². The van der Waals surface area contributed by atoms with Gasteiger partial charge >= 0.3 is 12.4 Å². The number of carbonyl (C=O) groups excluding carboxylic acids is 4. The maximum absolute atomic E-state index is 15.2. The van der Waals surface area contributed by atoms with E-state index in [-0.39, 0.29) is 34.2 Å². The molecule has 4 N–H and O–H groups in total. The number of anilines is 4. The number of nitrogens with two attached hydrogens (primary N) is 2. The van der Waals surface area contributed by atoms with Crippen LogP contribution in [0.25, 0.3) is 0 Å². The maximum atomic E-state index is 15.2. The van der Waals surface area contributed by atoms with Gasteiger partial charge in [-0.3, -0.25) is 19.2 Å². The molecule has 0 spiro atoms. The van der Waals surface area contributed by atoms with Crippen molar-refractivity contribution in [2.24, 2.45) is 0 Å². The van der Waals surface area contributed by atoms with Crippen molar-refractivity contribution >= 4 is 46.4 Å². The van der Waals surface area contributed by atoms with Gasteiger partial charge in [-0.1, -0.05) is 12.1 Å². The molecule has 2 heterocycles. The summed E-state index contributed by atoms with van der Waals surface area (Å²) in [4.78, 5) is 54.7. The summed E-state index contributed by atoms with van der Waals surface area (Å²) in [5.74, 6) is -4.59. The average molecular weight is 685 g/mol. The summed E-state index contributed by atoms with van der Waals surface area (Å²) in [7, 11) is 2.43. The lowest BCUT2D eigenvalue weighted by Gasteiger charge is -2.38. The lowest BCUT2D eigenvalue weighted by Crippen LogP contribution is -2.55. The topological polar surface area (TPSA) is 145 Å². The molecule has 4 amide bonds. The van der Waals surface area contributed by atoms with Crippen molar-refractivity contribution < 1.29 is 55.0 Å². The lowest BCUT2D eigenvalue weighted by molar-refractivity contribution is -0.288. The van der Waals surface area contributed by atoms with Crippen LogP contribution in [0.15, 0.2) is 72.8 Å². The molecule has 0 bridgehead atoms. The third-order valence-corrected chi connectivity index (χ3v) is 8.38. The molecule has 0 aliphatic carbocycles. The molecule has 0 saturated carbocycles. The van der Waals surface area contributed by atoms with Crippen molar-refractivity contribution in [1.29, 1.82) is 0 Å². The van der Waals surface area contributed by atoms with Gasteiger partial charge in [0.25, 0.3) is 23.6 Å². The molecule has 0 unspecified atom stereocenters. The second-order valence-electron chi connectivity index (χ2n) is 11.0. The number of imide groups is 2. The first-order valence-electron chi connectivity index (χ1n) is 14.0. The van der Waals surface area contributed by atoms with Gasteiger partial charge in [0.1, 0.15) is 11.5 Å². The van der Waals surface area contributed by atoms with E-state index in [0.717, 1.165) is 0 Å². The molecule has 0 aromatic heterocycles. The third-order valence-electron chi connectivity index (χ3n) is 8.38. The highest BCUT2D eigenvalue weighted by atomic mass is 19.4. The Morgan fingerprint density at radius 3 is 1.18 bits per heavy atom. The van der Waals surface area contributed by atoms with Crippen LogP contribution in [-0.4, -0.2) is 50.2 Å². The lowest BCUT2D eigenvalue weighted by atomic mass is 9.71. The fourth-order valence-corrected chi connectivity index (χ4v) is 6.13. The Hall–Kier alpha value is -6.06. The molecule has 4 aromatic rings. The van der Waals surface area contributed by atoms with Gasteiger partial charge in [-0.05, 0) is 71.8 Å². The molecule has 0 atom stereocenters. The summed E-state index contributed by atoms with van der Waals surface area (Å²) in [6.07, 6.45) is -12.3. The Labute approximate surface area is 272 Å². The third kappa shape index (κ3) is 4.65. The molecular weight excluding hydrogens is 662 g/mol. The fourth-order valence-electron chi connectivity index (χ4n) is 6.13. The molecule has 6 rings (SSSR count). The van der Waals surface area contributed by atoms with Crippen LogP contribution in [0.1, 0.15) is 52.6 Å². The van der Waals surface area contributed by atoms with Crippen LogP contribution < -0.4 is 30.7 Å². The summed E-state index contributed by atoms with van der Waals surface area (Å²) in [6, 6.07) is 10.7. The highest BCUT2D eigenvalue weighted by Gasteiger charge is 2.73. The SMILES string of the molecule is COc1ccc(N)cc1N1C(=O)c2ccc(C(c3ccc4c(c3)C(=O)N(c3cc(N)ccc3OC)C4=O)(C(F)(F)F)C(F)(F)F)cc2C1=O. The van der Waals surface area contributed by atoms with Crippen LogP contribution >= 0.6 is 0 Å². The Morgan fingerprint density at radius 1 is 0.510 bits per heavy atom. The van der Waals surface area contributed by atoms with Gasteiger partial charge in [0.2, 0.25) is 5.41 Å². The summed E-state index contributed by atoms with van der Waals surface area (Å²) in [5, 5.41) is 0. The number of ether oxygens (including phenoxy) is 2. The van der Waals surface area contributed by atoms with Gasteiger partial charge in [0.15, 0.2) is 0 Å². The number of amides is 4. The van der Waals surface area contributed by atoms with E-state index < -0.39 is 74.8 Å². The van der Waals surface area contributed by atoms with Crippen molar-refractivity contribution in [2.45, 2.75) is 17.8 Å². The number of methoxy groups -OCH3 is 2. The highest BCUT2D eigenvalue weighted by Crippen LogP contribution is 2.57. The number of nitrogen functional groups attached to an aromatic ring is 2. The minimum atomic E-state index is -6.14. The Kier molecular flexibility index (Phi) is 7.38. The van der Waals surface area contributed by atoms with Crippen LogP contribution in [0.5, 0.6) is 11.5 Å². The second kappa shape index (κ2) is 11.0. The van der Waals surface area contributed by atoms with Crippen molar-refractivity contribution in [3.05, 3.63) is 106 Å². The number of benzene rings is 4. The molecule has 0 saturated heterocycles.